The maximum atomic E-state index is 14.5. The lowest BCUT2D eigenvalue weighted by atomic mass is 9.77. The number of anilines is 1. The van der Waals surface area contributed by atoms with E-state index in [4.69, 9.17) is 33.2 Å². The number of methoxy groups -OCH3 is 1. The topological polar surface area (TPSA) is 253 Å². The molecule has 2 aromatic heterocycles. The van der Waals surface area contributed by atoms with E-state index in [1.165, 1.54) is 14.0 Å². The number of aliphatic hydroxyl groups excluding tert-OH is 3. The number of benzene rings is 1. The highest BCUT2D eigenvalue weighted by atomic mass is 16.7. The number of likely N-dealkylation sites (N-methyl/N-ethyl adjacent to an activating group) is 2. The first-order valence-corrected chi connectivity index (χ1v) is 26.8. The number of aliphatic hydroxyl groups is 5. The van der Waals surface area contributed by atoms with E-state index in [1.54, 1.807) is 57.3 Å². The number of pyridine rings is 1. The van der Waals surface area contributed by atoms with Crippen LogP contribution in [0.1, 0.15) is 101 Å². The molecule has 21 nitrogen and oxygen atoms in total. The molecule has 1 amide bonds. The summed E-state index contributed by atoms with van der Waals surface area (Å²) in [5.41, 5.74) is -2.35. The smallest absolute Gasteiger partial charge is 0.414 e. The van der Waals surface area contributed by atoms with Gasteiger partial charge in [-0.2, -0.15) is 0 Å². The van der Waals surface area contributed by atoms with Crippen molar-refractivity contribution in [1.82, 2.24) is 29.8 Å². The average molecular weight is 1060 g/mol. The molecule has 7 rings (SSSR count). The molecule has 5 N–H and O–H groups in total. The summed E-state index contributed by atoms with van der Waals surface area (Å²) in [5.74, 6) is -2.84. The lowest BCUT2D eigenvalue weighted by Crippen LogP contribution is -2.61. The van der Waals surface area contributed by atoms with E-state index in [9.17, 15) is 35.1 Å². The van der Waals surface area contributed by atoms with Crippen LogP contribution >= 0.6 is 0 Å². The van der Waals surface area contributed by atoms with Gasteiger partial charge in [-0.05, 0) is 112 Å². The second kappa shape index (κ2) is 24.0. The minimum atomic E-state index is -1.85. The Morgan fingerprint density at radius 1 is 0.920 bits per heavy atom. The Labute approximate surface area is 441 Å². The molecule has 0 bridgehead atoms. The predicted octanol–water partition coefficient (Wildman–Crippen LogP) is 3.68. The van der Waals surface area contributed by atoms with Crippen molar-refractivity contribution < 1.29 is 68.3 Å². The normalized spacial score (nSPS) is 40.1. The van der Waals surface area contributed by atoms with Crippen LogP contribution in [0.15, 0.2) is 42.7 Å². The Hall–Kier alpha value is -3.97. The second-order valence-corrected chi connectivity index (χ2v) is 22.8. The largest absolute Gasteiger partial charge is 0.459 e. The van der Waals surface area contributed by atoms with Crippen molar-refractivity contribution in [2.45, 2.75) is 204 Å². The van der Waals surface area contributed by atoms with Gasteiger partial charge in [0, 0.05) is 68.8 Å². The van der Waals surface area contributed by atoms with Crippen LogP contribution < -0.4 is 4.90 Å². The third kappa shape index (κ3) is 13.0. The summed E-state index contributed by atoms with van der Waals surface area (Å²) in [4.78, 5) is 37.6. The number of hydrogen-bond donors (Lipinski definition) is 5. The highest BCUT2D eigenvalue weighted by Crippen LogP contribution is 2.41. The summed E-state index contributed by atoms with van der Waals surface area (Å²) in [6, 6.07) is 8.37. The van der Waals surface area contributed by atoms with E-state index >= 15 is 0 Å². The summed E-state index contributed by atoms with van der Waals surface area (Å²) in [5, 5.41) is 69.5. The van der Waals surface area contributed by atoms with Crippen LogP contribution in [0.5, 0.6) is 0 Å². The molecular weight excluding hydrogens is 971 g/mol. The van der Waals surface area contributed by atoms with Crippen molar-refractivity contribution in [3.05, 3.63) is 48.4 Å². The minimum Gasteiger partial charge on any atom is -0.459 e. The van der Waals surface area contributed by atoms with Crippen LogP contribution in [-0.2, 0) is 50.9 Å². The fourth-order valence-corrected chi connectivity index (χ4v) is 12.0. The van der Waals surface area contributed by atoms with Gasteiger partial charge < -0.3 is 68.5 Å². The Balaban J connectivity index is 1.10. The molecule has 21 heteroatoms. The Kier molecular flexibility index (Phi) is 18.8. The van der Waals surface area contributed by atoms with Gasteiger partial charge in [-0.15, -0.1) is 5.10 Å². The van der Waals surface area contributed by atoms with E-state index < -0.39 is 114 Å². The molecule has 6 heterocycles. The molecule has 0 spiro atoms. The monoisotopic (exact) mass is 1060 g/mol. The molecule has 75 heavy (non-hydrogen) atoms. The quantitative estimate of drug-likeness (QED) is 0.153. The lowest BCUT2D eigenvalue weighted by Gasteiger charge is -2.49. The van der Waals surface area contributed by atoms with E-state index in [0.29, 0.717) is 44.7 Å². The number of hydrogen-bond acceptors (Lipinski definition) is 19. The molecule has 420 valence electrons. The lowest BCUT2D eigenvalue weighted by molar-refractivity contribution is -0.318. The first-order valence-electron chi connectivity index (χ1n) is 26.8. The Morgan fingerprint density at radius 3 is 2.36 bits per heavy atom. The number of carbonyl (C=O) groups is 2. The van der Waals surface area contributed by atoms with Gasteiger partial charge in [-0.1, -0.05) is 32.1 Å². The maximum absolute atomic E-state index is 14.5. The molecule has 0 aliphatic carbocycles. The van der Waals surface area contributed by atoms with E-state index in [-0.39, 0.29) is 31.3 Å². The first-order chi connectivity index (χ1) is 35.3. The van der Waals surface area contributed by atoms with Crippen molar-refractivity contribution in [2.24, 2.45) is 17.8 Å². The van der Waals surface area contributed by atoms with E-state index in [2.05, 4.69) is 15.3 Å². The number of fused-ring (bicyclic) bond motifs is 1. The second-order valence-electron chi connectivity index (χ2n) is 22.8. The number of rotatable bonds is 13. The van der Waals surface area contributed by atoms with E-state index in [0.717, 1.165) is 16.6 Å². The van der Waals surface area contributed by atoms with Crippen molar-refractivity contribution in [1.29, 1.82) is 0 Å². The van der Waals surface area contributed by atoms with Crippen LogP contribution in [0.4, 0.5) is 10.5 Å². The van der Waals surface area contributed by atoms with Gasteiger partial charge in [0.25, 0.3) is 0 Å². The SMILES string of the molecule is CC[C@H]1OC(=O)[C@H](C)[C@@H](O[C@H]2C[C@@](C)(OC)[C@@H](O)[C@H](C)O2)[C@H](C)[C@@H](O[C@@H]2O[C@H](C)C[C@H](N(C)CCc3cn(CC4CN(c5cccc6ncccc56)C(=O)O4)nn3)[C@H]2O)[C@](C)(O)C[C@@H](C)CN(C)[C@H](C)[C@@H](O)[C@]1(C)O. The number of carbonyl (C=O) groups excluding carboxylic acids is 2. The van der Waals surface area contributed by atoms with Gasteiger partial charge in [-0.3, -0.25) is 14.7 Å². The summed E-state index contributed by atoms with van der Waals surface area (Å²) >= 11 is 0. The third-order valence-corrected chi connectivity index (χ3v) is 16.6. The van der Waals surface area contributed by atoms with Crippen LogP contribution in [-0.4, -0.2) is 205 Å². The van der Waals surface area contributed by atoms with Crippen molar-refractivity contribution in [3.8, 4) is 0 Å². The van der Waals surface area contributed by atoms with Crippen LogP contribution in [0, 0.1) is 17.8 Å². The Morgan fingerprint density at radius 2 is 1.65 bits per heavy atom. The van der Waals surface area contributed by atoms with Gasteiger partial charge in [0.15, 0.2) is 12.6 Å². The number of ether oxygens (including phenoxy) is 7. The van der Waals surface area contributed by atoms with Gasteiger partial charge in [-0.25, -0.2) is 9.48 Å². The van der Waals surface area contributed by atoms with Crippen LogP contribution in [0.25, 0.3) is 10.9 Å². The zero-order valence-corrected chi connectivity index (χ0v) is 46.2. The molecule has 0 saturated carbocycles. The fraction of sp³-hybridized carbons (Fsp3) is 0.759. The van der Waals surface area contributed by atoms with Crippen molar-refractivity contribution >= 4 is 28.7 Å². The summed E-state index contributed by atoms with van der Waals surface area (Å²) in [7, 11) is 5.25. The van der Waals surface area contributed by atoms with Gasteiger partial charge in [0.05, 0.1) is 71.5 Å². The van der Waals surface area contributed by atoms with Crippen molar-refractivity contribution in [3.63, 3.8) is 0 Å². The molecule has 4 fully saturated rings. The molecule has 4 aliphatic rings. The van der Waals surface area contributed by atoms with E-state index in [1.807, 2.05) is 81.2 Å². The number of esters is 1. The average Bonchev–Trinajstić information content (AvgIpc) is 3.98. The highest BCUT2D eigenvalue weighted by Gasteiger charge is 2.53. The Bertz CT molecular complexity index is 2370. The summed E-state index contributed by atoms with van der Waals surface area (Å²) in [6.07, 6.45) is -6.16. The van der Waals surface area contributed by atoms with Gasteiger partial charge in [0.1, 0.15) is 36.1 Å². The molecule has 1 unspecified atom stereocenters. The zero-order chi connectivity index (χ0) is 54.9. The zero-order valence-electron chi connectivity index (χ0n) is 46.2. The molecular formula is C54H85N7O14. The molecule has 3 aromatic rings. The van der Waals surface area contributed by atoms with Crippen LogP contribution in [0.3, 0.4) is 0 Å². The number of amides is 1. The van der Waals surface area contributed by atoms with Crippen molar-refractivity contribution in [2.75, 3.05) is 45.7 Å². The summed E-state index contributed by atoms with van der Waals surface area (Å²) in [6.45, 7) is 19.0. The third-order valence-electron chi connectivity index (χ3n) is 16.6. The van der Waals surface area contributed by atoms with Crippen LogP contribution in [0.2, 0.25) is 0 Å². The molecule has 19 atom stereocenters. The number of nitrogens with zero attached hydrogens (tertiary/aromatic N) is 7. The predicted molar refractivity (Wildman–Crippen MR) is 276 cm³/mol. The molecule has 1 aromatic carbocycles. The van der Waals surface area contributed by atoms with Gasteiger partial charge in [0.2, 0.25) is 0 Å². The first kappa shape index (κ1) is 58.7. The fourth-order valence-electron chi connectivity index (χ4n) is 12.0. The maximum Gasteiger partial charge on any atom is 0.414 e. The molecule has 0 radical (unpaired) electrons. The standard InChI is InChI=1S/C54H85N7O14/c1-14-42-54(10,68)46(63)34(6)59(12)26-30(2)24-52(8,67)48(32(4)45(33(5)49(65)73-42)74-43-25-53(9,69-13)47(64)35(7)71-43)75-50-44(62)41(23-31(3)70-50)58(11)22-20-36-27-60(57-56-36)28-37-29-61(51(66)72-37)40-19-15-18-39-38(40)17-16-21-55-39/h15-19,21,27,30-35,37,41-48,50,62-64,67-68H,14,20,22-26,28-29H2,1-13H3/t30-,31-,32+,33-,34-,35+,37?,41+,42-,43+,44-,45+,46-,47+,48-,50+,52-,53-,54-/m1/s1. The number of aromatic nitrogens is 4. The highest BCUT2D eigenvalue weighted by molar-refractivity contribution is 6.01. The van der Waals surface area contributed by atoms with Gasteiger partial charge >= 0.3 is 12.1 Å². The molecule has 4 saturated heterocycles. The minimum absolute atomic E-state index is 0.0907. The molecule has 4 aliphatic heterocycles. The number of cyclic esters (lactones) is 2. The summed E-state index contributed by atoms with van der Waals surface area (Å²) < 4.78 is 45.8.